The largest absolute Gasteiger partial charge is 0.465 e. The Labute approximate surface area is 85.3 Å². The maximum absolute atomic E-state index is 11.2. The lowest BCUT2D eigenvalue weighted by atomic mass is 9.95. The van der Waals surface area contributed by atoms with Crippen LogP contribution in [0.5, 0.6) is 0 Å². The number of hydrogen-bond acceptors (Lipinski definition) is 2. The number of allylic oxidation sites excluding steroid dienone is 2. The normalized spacial score (nSPS) is 33.6. The van der Waals surface area contributed by atoms with Crippen molar-refractivity contribution in [1.29, 1.82) is 0 Å². The molecule has 1 fully saturated rings. The number of carbonyl (C=O) groups is 1. The second kappa shape index (κ2) is 4.16. The van der Waals surface area contributed by atoms with Crippen molar-refractivity contribution in [2.75, 3.05) is 6.61 Å². The summed E-state index contributed by atoms with van der Waals surface area (Å²) in [7, 11) is 0. The predicted octanol–water partition coefficient (Wildman–Crippen LogP) is 2.54. The molecule has 0 aliphatic heterocycles. The first-order chi connectivity index (χ1) is 6.79. The maximum Gasteiger partial charge on any atom is 0.305 e. The monoisotopic (exact) mass is 194 g/mol. The Morgan fingerprint density at radius 3 is 2.86 bits per heavy atom. The van der Waals surface area contributed by atoms with Crippen LogP contribution in [-0.2, 0) is 9.53 Å². The van der Waals surface area contributed by atoms with Gasteiger partial charge in [-0.1, -0.05) is 19.1 Å². The first-order valence-electron chi connectivity index (χ1n) is 5.63. The molecule has 1 saturated carbocycles. The fourth-order valence-electron chi connectivity index (χ4n) is 2.56. The van der Waals surface area contributed by atoms with Crippen molar-refractivity contribution in [3.63, 3.8) is 0 Å². The van der Waals surface area contributed by atoms with Gasteiger partial charge in [-0.3, -0.25) is 4.79 Å². The van der Waals surface area contributed by atoms with E-state index < -0.39 is 0 Å². The van der Waals surface area contributed by atoms with E-state index in [1.807, 2.05) is 6.92 Å². The van der Waals surface area contributed by atoms with Gasteiger partial charge in [0.25, 0.3) is 0 Å². The number of rotatable bonds is 4. The molecular formula is C12H18O2. The highest BCUT2D eigenvalue weighted by Gasteiger charge is 2.35. The van der Waals surface area contributed by atoms with Gasteiger partial charge in [-0.05, 0) is 37.0 Å². The first-order valence-corrected chi connectivity index (χ1v) is 5.63. The fourth-order valence-corrected chi connectivity index (χ4v) is 2.56. The van der Waals surface area contributed by atoms with Crippen LogP contribution in [0.1, 0.15) is 32.6 Å². The summed E-state index contributed by atoms with van der Waals surface area (Å²) in [5.41, 5.74) is 0. The van der Waals surface area contributed by atoms with Crippen LogP contribution in [0, 0.1) is 17.8 Å². The Kier molecular flexibility index (Phi) is 2.90. The molecule has 3 atom stereocenters. The van der Waals surface area contributed by atoms with Gasteiger partial charge in [0, 0.05) is 6.42 Å². The standard InChI is InChI=1S/C12H18O2/c1-2-3-12(13)14-8-11-7-9-4-5-10(11)6-9/h4-5,9-11H,2-3,6-8H2,1H3/t9-,10-,11+/m0/s1. The first kappa shape index (κ1) is 9.75. The lowest BCUT2D eigenvalue weighted by Crippen LogP contribution is -2.17. The number of fused-ring (bicyclic) bond motifs is 2. The van der Waals surface area contributed by atoms with E-state index in [9.17, 15) is 4.79 Å². The van der Waals surface area contributed by atoms with Gasteiger partial charge in [-0.2, -0.15) is 0 Å². The van der Waals surface area contributed by atoms with Gasteiger partial charge < -0.3 is 4.74 Å². The van der Waals surface area contributed by atoms with E-state index in [0.29, 0.717) is 24.9 Å². The Bertz CT molecular complexity index is 245. The summed E-state index contributed by atoms with van der Waals surface area (Å²) in [5.74, 6) is 2.04. The van der Waals surface area contributed by atoms with E-state index in [0.717, 1.165) is 12.3 Å². The number of esters is 1. The smallest absolute Gasteiger partial charge is 0.305 e. The minimum absolute atomic E-state index is 0.0285. The Hall–Kier alpha value is -0.790. The van der Waals surface area contributed by atoms with Crippen LogP contribution in [0.3, 0.4) is 0 Å². The van der Waals surface area contributed by atoms with Gasteiger partial charge >= 0.3 is 5.97 Å². The van der Waals surface area contributed by atoms with Crippen molar-refractivity contribution in [2.45, 2.75) is 32.6 Å². The highest BCUT2D eigenvalue weighted by atomic mass is 16.5. The maximum atomic E-state index is 11.2. The topological polar surface area (TPSA) is 26.3 Å². The van der Waals surface area contributed by atoms with Gasteiger partial charge in [0.1, 0.15) is 0 Å². The molecule has 0 radical (unpaired) electrons. The highest BCUT2D eigenvalue weighted by Crippen LogP contribution is 2.43. The van der Waals surface area contributed by atoms with Gasteiger partial charge in [0.15, 0.2) is 0 Å². The molecule has 2 rings (SSSR count). The molecule has 2 nitrogen and oxygen atoms in total. The van der Waals surface area contributed by atoms with Crippen molar-refractivity contribution < 1.29 is 9.53 Å². The zero-order chi connectivity index (χ0) is 9.97. The van der Waals surface area contributed by atoms with Crippen molar-refractivity contribution in [2.24, 2.45) is 17.8 Å². The minimum Gasteiger partial charge on any atom is -0.465 e. The summed E-state index contributed by atoms with van der Waals surface area (Å²) in [5, 5.41) is 0. The second-order valence-corrected chi connectivity index (χ2v) is 4.47. The predicted molar refractivity (Wildman–Crippen MR) is 54.7 cm³/mol. The van der Waals surface area contributed by atoms with E-state index in [4.69, 9.17) is 4.74 Å². The van der Waals surface area contributed by atoms with Crippen LogP contribution >= 0.6 is 0 Å². The van der Waals surface area contributed by atoms with Crippen LogP contribution in [-0.4, -0.2) is 12.6 Å². The van der Waals surface area contributed by atoms with Crippen LogP contribution in [0.15, 0.2) is 12.2 Å². The molecule has 14 heavy (non-hydrogen) atoms. The molecule has 0 N–H and O–H groups in total. The van der Waals surface area contributed by atoms with Crippen LogP contribution in [0.2, 0.25) is 0 Å². The molecule has 78 valence electrons. The minimum atomic E-state index is -0.0285. The lowest BCUT2D eigenvalue weighted by molar-refractivity contribution is -0.145. The molecule has 0 saturated heterocycles. The molecule has 0 aromatic rings. The average molecular weight is 194 g/mol. The van der Waals surface area contributed by atoms with Gasteiger partial charge in [-0.15, -0.1) is 0 Å². The summed E-state index contributed by atoms with van der Waals surface area (Å²) >= 11 is 0. The molecule has 0 amide bonds. The van der Waals surface area contributed by atoms with Gasteiger partial charge in [-0.25, -0.2) is 0 Å². The number of ether oxygens (including phenoxy) is 1. The lowest BCUT2D eigenvalue weighted by Gasteiger charge is -2.17. The second-order valence-electron chi connectivity index (χ2n) is 4.47. The molecule has 0 heterocycles. The SMILES string of the molecule is CCCC(=O)OC[C@H]1C[C@H]2C=C[C@H]1C2. The van der Waals surface area contributed by atoms with E-state index in [1.165, 1.54) is 12.8 Å². The van der Waals surface area contributed by atoms with Crippen molar-refractivity contribution in [3.8, 4) is 0 Å². The molecule has 0 unspecified atom stereocenters. The summed E-state index contributed by atoms with van der Waals surface area (Å²) < 4.78 is 5.25. The van der Waals surface area contributed by atoms with E-state index in [2.05, 4.69) is 12.2 Å². The van der Waals surface area contributed by atoms with Crippen molar-refractivity contribution in [1.82, 2.24) is 0 Å². The number of hydrogen-bond donors (Lipinski definition) is 0. The molecule has 2 bridgehead atoms. The molecule has 2 aliphatic carbocycles. The van der Waals surface area contributed by atoms with Crippen molar-refractivity contribution >= 4 is 5.97 Å². The zero-order valence-electron chi connectivity index (χ0n) is 8.74. The molecule has 0 spiro atoms. The fraction of sp³-hybridized carbons (Fsp3) is 0.750. The molecule has 2 aliphatic rings. The molecule has 2 heteroatoms. The van der Waals surface area contributed by atoms with E-state index >= 15 is 0 Å². The zero-order valence-corrected chi connectivity index (χ0v) is 8.74. The third-order valence-electron chi connectivity index (χ3n) is 3.33. The van der Waals surface area contributed by atoms with Crippen LogP contribution in [0.25, 0.3) is 0 Å². The molecule has 0 aromatic heterocycles. The summed E-state index contributed by atoms with van der Waals surface area (Å²) in [4.78, 5) is 11.2. The molecular weight excluding hydrogens is 176 g/mol. The van der Waals surface area contributed by atoms with E-state index in [-0.39, 0.29) is 5.97 Å². The van der Waals surface area contributed by atoms with Crippen LogP contribution in [0.4, 0.5) is 0 Å². The Balaban J connectivity index is 1.72. The Morgan fingerprint density at radius 2 is 2.29 bits per heavy atom. The summed E-state index contributed by atoms with van der Waals surface area (Å²) in [6.07, 6.45) is 8.57. The molecule has 0 aromatic carbocycles. The average Bonchev–Trinajstić information content (AvgIpc) is 2.76. The summed E-state index contributed by atoms with van der Waals surface area (Å²) in [6, 6.07) is 0. The van der Waals surface area contributed by atoms with Crippen molar-refractivity contribution in [3.05, 3.63) is 12.2 Å². The van der Waals surface area contributed by atoms with Crippen LogP contribution < -0.4 is 0 Å². The van der Waals surface area contributed by atoms with Gasteiger partial charge in [0.2, 0.25) is 0 Å². The summed E-state index contributed by atoms with van der Waals surface area (Å²) in [6.45, 7) is 2.64. The quantitative estimate of drug-likeness (QED) is 0.508. The number of carbonyl (C=O) groups excluding carboxylic acids is 1. The third-order valence-corrected chi connectivity index (χ3v) is 3.33. The Morgan fingerprint density at radius 1 is 1.43 bits per heavy atom. The highest BCUT2D eigenvalue weighted by molar-refractivity contribution is 5.69. The third kappa shape index (κ3) is 1.99. The van der Waals surface area contributed by atoms with E-state index in [1.54, 1.807) is 0 Å². The van der Waals surface area contributed by atoms with Gasteiger partial charge in [0.05, 0.1) is 6.61 Å².